The van der Waals surface area contributed by atoms with Gasteiger partial charge in [0.25, 0.3) is 5.91 Å². The van der Waals surface area contributed by atoms with E-state index in [1.807, 2.05) is 26.0 Å². The molecule has 0 saturated heterocycles. The number of rotatable bonds is 5. The number of anilines is 1. The minimum absolute atomic E-state index is 0.143. The molecule has 0 fully saturated rings. The molecule has 0 aliphatic rings. The van der Waals surface area contributed by atoms with E-state index < -0.39 is 26.4 Å². The van der Waals surface area contributed by atoms with Gasteiger partial charge >= 0.3 is 5.76 Å². The van der Waals surface area contributed by atoms with Crippen molar-refractivity contribution in [1.29, 1.82) is 0 Å². The molecule has 146 valence electrons. The minimum atomic E-state index is -4.69. The quantitative estimate of drug-likeness (QED) is 0.701. The van der Waals surface area contributed by atoms with Crippen molar-refractivity contribution in [3.63, 3.8) is 0 Å². The largest absolute Gasteiger partial charge is 0.341 e. The molecule has 0 bridgehead atoms. The summed E-state index contributed by atoms with van der Waals surface area (Å²) in [5.41, 5.74) is 3.23. The second kappa shape index (κ2) is 7.51. The Balaban J connectivity index is 1.80. The summed E-state index contributed by atoms with van der Waals surface area (Å²) >= 11 is 0. The van der Waals surface area contributed by atoms with Gasteiger partial charge in [0.1, 0.15) is 0 Å². The molecular weight excluding hydrogens is 388 g/mol. The van der Waals surface area contributed by atoms with Gasteiger partial charge in [-0.15, -0.1) is 0 Å². The zero-order chi connectivity index (χ0) is 20.5. The van der Waals surface area contributed by atoms with Gasteiger partial charge in [-0.2, -0.15) is 13.9 Å². The smallest absolute Gasteiger partial charge is 0.322 e. The highest BCUT2D eigenvalue weighted by Gasteiger charge is 2.26. The van der Waals surface area contributed by atoms with Crippen molar-refractivity contribution >= 4 is 21.4 Å². The number of aryl methyl sites for hydroxylation is 2. The molecule has 1 amide bonds. The maximum Gasteiger partial charge on any atom is 0.341 e. The number of benzene rings is 2. The first-order valence-electron chi connectivity index (χ1n) is 8.25. The van der Waals surface area contributed by atoms with Crippen LogP contribution in [0.3, 0.4) is 0 Å². The lowest BCUT2D eigenvalue weighted by molar-refractivity contribution is 0.102. The van der Waals surface area contributed by atoms with E-state index >= 15 is 0 Å². The highest BCUT2D eigenvalue weighted by molar-refractivity contribution is 7.91. The van der Waals surface area contributed by atoms with Gasteiger partial charge in [0.05, 0.1) is 16.3 Å². The SMILES string of the molecule is Cc1cc(C)n(-c2cccc(NC(=O)c3ccc(S(=O)(=O)C(F)F)cc3)c2)n1. The molecule has 0 aliphatic carbocycles. The number of alkyl halides is 2. The lowest BCUT2D eigenvalue weighted by Crippen LogP contribution is -2.14. The van der Waals surface area contributed by atoms with E-state index in [1.165, 1.54) is 12.1 Å². The van der Waals surface area contributed by atoms with Crippen LogP contribution in [0.4, 0.5) is 14.5 Å². The fourth-order valence-corrected chi connectivity index (χ4v) is 3.43. The minimum Gasteiger partial charge on any atom is -0.322 e. The summed E-state index contributed by atoms with van der Waals surface area (Å²) in [5, 5.41) is 7.09. The second-order valence-electron chi connectivity index (χ2n) is 6.17. The van der Waals surface area contributed by atoms with E-state index in [2.05, 4.69) is 10.4 Å². The fraction of sp³-hybridized carbons (Fsp3) is 0.158. The van der Waals surface area contributed by atoms with Crippen molar-refractivity contribution < 1.29 is 22.0 Å². The molecule has 0 unspecified atom stereocenters. The lowest BCUT2D eigenvalue weighted by atomic mass is 10.2. The zero-order valence-electron chi connectivity index (χ0n) is 15.1. The molecule has 1 heterocycles. The average molecular weight is 405 g/mol. The average Bonchev–Trinajstić information content (AvgIpc) is 3.00. The van der Waals surface area contributed by atoms with E-state index in [4.69, 9.17) is 0 Å². The summed E-state index contributed by atoms with van der Waals surface area (Å²) in [5.74, 6) is -4.00. The van der Waals surface area contributed by atoms with Gasteiger partial charge in [-0.25, -0.2) is 13.1 Å². The normalized spacial score (nSPS) is 11.6. The molecule has 2 aromatic carbocycles. The molecule has 0 spiro atoms. The van der Waals surface area contributed by atoms with Crippen molar-refractivity contribution in [2.24, 2.45) is 0 Å². The predicted octanol–water partition coefficient (Wildman–Crippen LogP) is 3.74. The van der Waals surface area contributed by atoms with Crippen LogP contribution in [0.2, 0.25) is 0 Å². The Labute approximate surface area is 160 Å². The molecular formula is C19H17F2N3O3S. The third-order valence-electron chi connectivity index (χ3n) is 4.04. The molecule has 1 N–H and O–H groups in total. The van der Waals surface area contributed by atoms with Gasteiger partial charge in [0.15, 0.2) is 0 Å². The molecule has 3 aromatic rings. The Hall–Kier alpha value is -3.07. The van der Waals surface area contributed by atoms with Gasteiger partial charge < -0.3 is 5.32 Å². The van der Waals surface area contributed by atoms with Crippen LogP contribution in [0, 0.1) is 13.8 Å². The summed E-state index contributed by atoms with van der Waals surface area (Å²) < 4.78 is 49.8. The predicted molar refractivity (Wildman–Crippen MR) is 101 cm³/mol. The first-order chi connectivity index (χ1) is 13.2. The van der Waals surface area contributed by atoms with Gasteiger partial charge in [0.2, 0.25) is 9.84 Å². The molecule has 0 atom stereocenters. The number of hydrogen-bond acceptors (Lipinski definition) is 4. The lowest BCUT2D eigenvalue weighted by Gasteiger charge is -2.09. The van der Waals surface area contributed by atoms with Crippen LogP contribution >= 0.6 is 0 Å². The Morgan fingerprint density at radius 1 is 1.07 bits per heavy atom. The number of carbonyl (C=O) groups is 1. The van der Waals surface area contributed by atoms with Crippen molar-refractivity contribution in [3.8, 4) is 5.69 Å². The number of aromatic nitrogens is 2. The van der Waals surface area contributed by atoms with E-state index in [1.54, 1.807) is 22.9 Å². The summed E-state index contributed by atoms with van der Waals surface area (Å²) in [6.07, 6.45) is 0. The first-order valence-corrected chi connectivity index (χ1v) is 9.80. The second-order valence-corrected chi connectivity index (χ2v) is 8.09. The molecule has 3 rings (SSSR count). The Bertz CT molecular complexity index is 1120. The molecule has 0 radical (unpaired) electrons. The standard InChI is InChI=1S/C19H17F2N3O3S/c1-12-10-13(2)24(23-12)16-5-3-4-15(11-16)22-18(25)14-6-8-17(9-7-14)28(26,27)19(20)21/h3-11,19H,1-2H3,(H,22,25). The molecule has 0 saturated carbocycles. The summed E-state index contributed by atoms with van der Waals surface area (Å²) in [4.78, 5) is 11.9. The molecule has 28 heavy (non-hydrogen) atoms. The molecule has 6 nitrogen and oxygen atoms in total. The van der Waals surface area contributed by atoms with Crippen molar-refractivity contribution in [2.75, 3.05) is 5.32 Å². The third-order valence-corrected chi connectivity index (χ3v) is 5.44. The van der Waals surface area contributed by atoms with Crippen LogP contribution in [0.5, 0.6) is 0 Å². The summed E-state index contributed by atoms with van der Waals surface area (Å²) in [7, 11) is -4.69. The van der Waals surface area contributed by atoms with Crippen molar-refractivity contribution in [2.45, 2.75) is 24.5 Å². The Kier molecular flexibility index (Phi) is 5.28. The Morgan fingerprint density at radius 3 is 2.32 bits per heavy atom. The van der Waals surface area contributed by atoms with E-state index in [-0.39, 0.29) is 5.56 Å². The monoisotopic (exact) mass is 405 g/mol. The van der Waals surface area contributed by atoms with Crippen molar-refractivity contribution in [1.82, 2.24) is 9.78 Å². The summed E-state index contributed by atoms with van der Waals surface area (Å²) in [6, 6.07) is 13.3. The van der Waals surface area contributed by atoms with Crippen LogP contribution in [0.15, 0.2) is 59.5 Å². The zero-order valence-corrected chi connectivity index (χ0v) is 15.9. The van der Waals surface area contributed by atoms with Crippen LogP contribution < -0.4 is 5.32 Å². The van der Waals surface area contributed by atoms with Crippen LogP contribution in [-0.2, 0) is 9.84 Å². The van der Waals surface area contributed by atoms with Gasteiger partial charge in [-0.3, -0.25) is 4.79 Å². The third kappa shape index (κ3) is 3.94. The van der Waals surface area contributed by atoms with E-state index in [0.717, 1.165) is 29.2 Å². The molecule has 9 heteroatoms. The number of carbonyl (C=O) groups excluding carboxylic acids is 1. The fourth-order valence-electron chi connectivity index (χ4n) is 2.71. The maximum absolute atomic E-state index is 12.6. The number of nitrogens with zero attached hydrogens (tertiary/aromatic N) is 2. The van der Waals surface area contributed by atoms with Crippen LogP contribution in [0.1, 0.15) is 21.7 Å². The van der Waals surface area contributed by atoms with Crippen LogP contribution in [-0.4, -0.2) is 29.9 Å². The Morgan fingerprint density at radius 2 is 1.75 bits per heavy atom. The van der Waals surface area contributed by atoms with Crippen LogP contribution in [0.25, 0.3) is 5.69 Å². The number of halogens is 2. The van der Waals surface area contributed by atoms with Crippen molar-refractivity contribution in [3.05, 3.63) is 71.5 Å². The highest BCUT2D eigenvalue weighted by atomic mass is 32.2. The topological polar surface area (TPSA) is 81.1 Å². The van der Waals surface area contributed by atoms with Gasteiger partial charge in [0, 0.05) is 16.9 Å². The van der Waals surface area contributed by atoms with Gasteiger partial charge in [-0.1, -0.05) is 6.07 Å². The van der Waals surface area contributed by atoms with Gasteiger partial charge in [-0.05, 0) is 62.4 Å². The summed E-state index contributed by atoms with van der Waals surface area (Å²) in [6.45, 7) is 3.80. The maximum atomic E-state index is 12.6. The van der Waals surface area contributed by atoms with E-state index in [0.29, 0.717) is 5.69 Å². The highest BCUT2D eigenvalue weighted by Crippen LogP contribution is 2.20. The molecule has 1 aromatic heterocycles. The number of sulfone groups is 1. The number of amides is 1. The number of nitrogens with one attached hydrogen (secondary N) is 1. The molecule has 0 aliphatic heterocycles. The van der Waals surface area contributed by atoms with E-state index in [9.17, 15) is 22.0 Å². The first kappa shape index (κ1) is 19.7. The number of hydrogen-bond donors (Lipinski definition) is 1.